The summed E-state index contributed by atoms with van der Waals surface area (Å²) in [7, 11) is 1.63. The molecule has 7 heteroatoms. The van der Waals surface area contributed by atoms with Crippen LogP contribution < -0.4 is 5.32 Å². The summed E-state index contributed by atoms with van der Waals surface area (Å²) in [5, 5.41) is 9.93. The summed E-state index contributed by atoms with van der Waals surface area (Å²) in [6.07, 6.45) is 1.41. The summed E-state index contributed by atoms with van der Waals surface area (Å²) in [5.74, 6) is -0.249. The van der Waals surface area contributed by atoms with E-state index in [0.29, 0.717) is 43.9 Å². The number of hydrogen-bond acceptors (Lipinski definition) is 4. The molecule has 0 fully saturated rings. The maximum atomic E-state index is 12.6. The van der Waals surface area contributed by atoms with Gasteiger partial charge in [0, 0.05) is 50.0 Å². The molecular weight excluding hydrogens is 320 g/mol. The number of nitrogens with zero attached hydrogens (tertiary/aromatic N) is 2. The quantitative estimate of drug-likeness (QED) is 0.776. The number of ether oxygens (including phenoxy) is 1. The van der Waals surface area contributed by atoms with Gasteiger partial charge >= 0.3 is 0 Å². The predicted octanol–water partition coefficient (Wildman–Crippen LogP) is 1.37. The average Bonchev–Trinajstić information content (AvgIpc) is 3.08. The highest BCUT2D eigenvalue weighted by atomic mass is 16.5. The molecule has 0 aliphatic carbocycles. The molecule has 0 radical (unpaired) electrons. The van der Waals surface area contributed by atoms with Crippen LogP contribution in [0, 0.1) is 0 Å². The second-order valence-electron chi connectivity index (χ2n) is 5.97. The molecule has 2 heterocycles. The van der Waals surface area contributed by atoms with Gasteiger partial charge in [-0.25, -0.2) is 0 Å². The number of H-pyrrole nitrogens is 1. The molecule has 132 valence electrons. The largest absolute Gasteiger partial charge is 0.385 e. The van der Waals surface area contributed by atoms with Crippen molar-refractivity contribution in [1.82, 2.24) is 20.4 Å². The minimum Gasteiger partial charge on any atom is -0.385 e. The molecule has 2 amide bonds. The van der Waals surface area contributed by atoms with Crippen LogP contribution in [0.3, 0.4) is 0 Å². The lowest BCUT2D eigenvalue weighted by atomic mass is 10.0. The van der Waals surface area contributed by atoms with Crippen molar-refractivity contribution in [2.45, 2.75) is 19.4 Å². The maximum Gasteiger partial charge on any atom is 0.272 e. The van der Waals surface area contributed by atoms with Gasteiger partial charge in [-0.05, 0) is 18.6 Å². The van der Waals surface area contributed by atoms with Gasteiger partial charge in [-0.1, -0.05) is 18.2 Å². The van der Waals surface area contributed by atoms with Crippen molar-refractivity contribution in [1.29, 1.82) is 0 Å². The number of fused-ring (bicyclic) bond motifs is 1. The van der Waals surface area contributed by atoms with E-state index < -0.39 is 0 Å². The number of aromatic nitrogens is 2. The molecule has 2 N–H and O–H groups in total. The van der Waals surface area contributed by atoms with E-state index in [1.807, 2.05) is 18.2 Å². The first-order valence-corrected chi connectivity index (χ1v) is 8.38. The summed E-state index contributed by atoms with van der Waals surface area (Å²) in [6.45, 7) is 2.12. The second kappa shape index (κ2) is 7.94. The van der Waals surface area contributed by atoms with Gasteiger partial charge in [0.05, 0.1) is 6.54 Å². The molecular formula is C18H22N4O3. The average molecular weight is 342 g/mol. The number of carbonyl (C=O) groups excluding carboxylic acids is 2. The molecule has 7 nitrogen and oxygen atoms in total. The highest BCUT2D eigenvalue weighted by molar-refractivity contribution is 5.96. The zero-order chi connectivity index (χ0) is 17.6. The minimum absolute atomic E-state index is 0.0288. The Kier molecular flexibility index (Phi) is 5.45. The SMILES string of the molecule is COCCCNC(=O)c1n[nH]c2c1CN(C(=O)c1ccccc1)CC2. The first kappa shape index (κ1) is 17.2. The topological polar surface area (TPSA) is 87.3 Å². The third kappa shape index (κ3) is 3.88. The molecule has 0 bridgehead atoms. The van der Waals surface area contributed by atoms with E-state index in [-0.39, 0.29) is 11.8 Å². The van der Waals surface area contributed by atoms with Crippen LogP contribution in [-0.4, -0.2) is 53.7 Å². The van der Waals surface area contributed by atoms with Crippen LogP contribution in [0.5, 0.6) is 0 Å². The third-order valence-electron chi connectivity index (χ3n) is 4.27. The maximum absolute atomic E-state index is 12.6. The minimum atomic E-state index is -0.220. The molecule has 3 rings (SSSR count). The first-order valence-electron chi connectivity index (χ1n) is 8.38. The molecule has 0 atom stereocenters. The van der Waals surface area contributed by atoms with Gasteiger partial charge in [-0.3, -0.25) is 14.7 Å². The number of methoxy groups -OCH3 is 1. The smallest absolute Gasteiger partial charge is 0.272 e. The van der Waals surface area contributed by atoms with Crippen molar-refractivity contribution in [3.05, 3.63) is 52.8 Å². The highest BCUT2D eigenvalue weighted by Gasteiger charge is 2.28. The molecule has 0 spiro atoms. The van der Waals surface area contributed by atoms with Gasteiger partial charge in [0.2, 0.25) is 0 Å². The molecule has 0 saturated heterocycles. The van der Waals surface area contributed by atoms with Crippen LogP contribution in [0.25, 0.3) is 0 Å². The van der Waals surface area contributed by atoms with Crippen molar-refractivity contribution < 1.29 is 14.3 Å². The van der Waals surface area contributed by atoms with Crippen LogP contribution in [-0.2, 0) is 17.7 Å². The fourth-order valence-electron chi connectivity index (χ4n) is 2.92. The van der Waals surface area contributed by atoms with E-state index in [2.05, 4.69) is 15.5 Å². The lowest BCUT2D eigenvalue weighted by molar-refractivity contribution is 0.0731. The Bertz CT molecular complexity index is 742. The Morgan fingerprint density at radius 1 is 1.32 bits per heavy atom. The summed E-state index contributed by atoms with van der Waals surface area (Å²) < 4.78 is 4.97. The van der Waals surface area contributed by atoms with Gasteiger partial charge in [0.1, 0.15) is 0 Å². The number of nitrogens with one attached hydrogen (secondary N) is 2. The van der Waals surface area contributed by atoms with Gasteiger partial charge in [0.15, 0.2) is 5.69 Å². The standard InChI is InChI=1S/C18H22N4O3/c1-25-11-5-9-19-17(23)16-14-12-22(10-8-15(14)20-21-16)18(24)13-6-3-2-4-7-13/h2-4,6-7H,5,8-12H2,1H3,(H,19,23)(H,20,21). The number of aromatic amines is 1. The molecule has 1 aromatic carbocycles. The van der Waals surface area contributed by atoms with Crippen molar-refractivity contribution in [3.63, 3.8) is 0 Å². The lowest BCUT2D eigenvalue weighted by Crippen LogP contribution is -2.37. The normalized spacial score (nSPS) is 13.4. The fourth-order valence-corrected chi connectivity index (χ4v) is 2.92. The van der Waals surface area contributed by atoms with Crippen molar-refractivity contribution in [2.75, 3.05) is 26.8 Å². The van der Waals surface area contributed by atoms with Crippen LogP contribution in [0.2, 0.25) is 0 Å². The van der Waals surface area contributed by atoms with Gasteiger partial charge in [-0.2, -0.15) is 5.10 Å². The predicted molar refractivity (Wildman–Crippen MR) is 92.3 cm³/mol. The summed E-state index contributed by atoms with van der Waals surface area (Å²) >= 11 is 0. The molecule has 1 aliphatic rings. The molecule has 0 unspecified atom stereocenters. The van der Waals surface area contributed by atoms with Crippen LogP contribution in [0.4, 0.5) is 0 Å². The zero-order valence-corrected chi connectivity index (χ0v) is 14.2. The number of benzene rings is 1. The Balaban J connectivity index is 1.69. The van der Waals surface area contributed by atoms with Crippen LogP contribution in [0.15, 0.2) is 30.3 Å². The molecule has 1 aliphatic heterocycles. The number of carbonyl (C=O) groups is 2. The third-order valence-corrected chi connectivity index (χ3v) is 4.27. The van der Waals surface area contributed by atoms with Crippen LogP contribution >= 0.6 is 0 Å². The van der Waals surface area contributed by atoms with Gasteiger partial charge in [-0.15, -0.1) is 0 Å². The van der Waals surface area contributed by atoms with E-state index in [9.17, 15) is 9.59 Å². The van der Waals surface area contributed by atoms with E-state index in [1.165, 1.54) is 0 Å². The summed E-state index contributed by atoms with van der Waals surface area (Å²) in [6, 6.07) is 9.18. The van der Waals surface area contributed by atoms with E-state index in [0.717, 1.165) is 17.7 Å². The number of hydrogen-bond donors (Lipinski definition) is 2. The van der Waals surface area contributed by atoms with Gasteiger partial charge in [0.25, 0.3) is 11.8 Å². The van der Waals surface area contributed by atoms with Gasteiger partial charge < -0.3 is 15.0 Å². The fraction of sp³-hybridized carbons (Fsp3) is 0.389. The van der Waals surface area contributed by atoms with Crippen molar-refractivity contribution in [3.8, 4) is 0 Å². The Labute approximate surface area is 146 Å². The molecule has 25 heavy (non-hydrogen) atoms. The number of amides is 2. The van der Waals surface area contributed by atoms with Crippen LogP contribution in [0.1, 0.15) is 38.5 Å². The molecule has 1 aromatic heterocycles. The second-order valence-corrected chi connectivity index (χ2v) is 5.97. The molecule has 2 aromatic rings. The van der Waals surface area contributed by atoms with Crippen molar-refractivity contribution in [2.24, 2.45) is 0 Å². The molecule has 0 saturated carbocycles. The lowest BCUT2D eigenvalue weighted by Gasteiger charge is -2.27. The Hall–Kier alpha value is -2.67. The Morgan fingerprint density at radius 3 is 2.88 bits per heavy atom. The van der Waals surface area contributed by atoms with E-state index in [4.69, 9.17) is 4.74 Å². The summed E-state index contributed by atoms with van der Waals surface area (Å²) in [5.41, 5.74) is 2.76. The summed E-state index contributed by atoms with van der Waals surface area (Å²) in [4.78, 5) is 26.7. The first-order chi connectivity index (χ1) is 12.2. The Morgan fingerprint density at radius 2 is 2.12 bits per heavy atom. The van der Waals surface area contributed by atoms with Crippen molar-refractivity contribution >= 4 is 11.8 Å². The highest BCUT2D eigenvalue weighted by Crippen LogP contribution is 2.22. The zero-order valence-electron chi connectivity index (χ0n) is 14.2. The number of rotatable bonds is 6. The van der Waals surface area contributed by atoms with E-state index >= 15 is 0 Å². The monoisotopic (exact) mass is 342 g/mol. The van der Waals surface area contributed by atoms with E-state index in [1.54, 1.807) is 24.1 Å².